The Morgan fingerprint density at radius 3 is 1.08 bits per heavy atom. The lowest BCUT2D eigenvalue weighted by molar-refractivity contribution is -0.138. The Kier molecular flexibility index (Phi) is 5.92. The summed E-state index contributed by atoms with van der Waals surface area (Å²) in [4.78, 5) is 1.26. The van der Waals surface area contributed by atoms with Crippen molar-refractivity contribution >= 4 is 23.5 Å². The summed E-state index contributed by atoms with van der Waals surface area (Å²) in [5, 5.41) is 3.32. The van der Waals surface area contributed by atoms with Crippen LogP contribution in [0.2, 0.25) is 0 Å². The van der Waals surface area contributed by atoms with Crippen molar-refractivity contribution in [1.29, 1.82) is 0 Å². The van der Waals surface area contributed by atoms with Gasteiger partial charge in [0, 0.05) is 9.79 Å². The Labute approximate surface area is 142 Å². The first-order chi connectivity index (χ1) is 11.2. The highest BCUT2D eigenvalue weighted by Crippen LogP contribution is 2.33. The predicted octanol–water partition coefficient (Wildman–Crippen LogP) is 7.08. The van der Waals surface area contributed by atoms with E-state index in [1.54, 1.807) is 10.8 Å². The molecule has 0 aromatic heterocycles. The van der Waals surface area contributed by atoms with E-state index in [9.17, 15) is 26.3 Å². The number of alkyl halides is 6. The Balaban J connectivity index is 1.88. The molecule has 2 aromatic rings. The molecule has 0 aliphatic carbocycles. The quantitative estimate of drug-likeness (QED) is 0.411. The molecule has 0 saturated carbocycles. The minimum atomic E-state index is -4.36. The van der Waals surface area contributed by atoms with Crippen molar-refractivity contribution in [1.82, 2.24) is 0 Å². The van der Waals surface area contributed by atoms with Crippen molar-refractivity contribution in [3.63, 3.8) is 0 Å². The standard InChI is InChI=1S/C16H10F6S2/c17-15(18,19)11-1-5-13(6-2-11)23-9-10-24-14-7-3-12(4-8-14)16(20,21)22/h1-10H/b10-9-. The van der Waals surface area contributed by atoms with Crippen LogP contribution in [-0.2, 0) is 12.4 Å². The van der Waals surface area contributed by atoms with Crippen LogP contribution in [0.25, 0.3) is 0 Å². The average molecular weight is 380 g/mol. The van der Waals surface area contributed by atoms with Crippen LogP contribution in [0.5, 0.6) is 0 Å². The molecular formula is C16H10F6S2. The third-order valence-electron chi connectivity index (χ3n) is 2.83. The number of hydrogen-bond acceptors (Lipinski definition) is 2. The van der Waals surface area contributed by atoms with Crippen LogP contribution in [0.1, 0.15) is 11.1 Å². The zero-order chi connectivity index (χ0) is 17.8. The summed E-state index contributed by atoms with van der Waals surface area (Å²) >= 11 is 2.44. The van der Waals surface area contributed by atoms with Gasteiger partial charge in [0.25, 0.3) is 0 Å². The van der Waals surface area contributed by atoms with Gasteiger partial charge in [0.15, 0.2) is 0 Å². The van der Waals surface area contributed by atoms with Gasteiger partial charge in [-0.15, -0.1) is 0 Å². The highest BCUT2D eigenvalue weighted by atomic mass is 32.2. The molecular weight excluding hydrogens is 370 g/mol. The molecule has 0 nitrogen and oxygen atoms in total. The van der Waals surface area contributed by atoms with Crippen molar-refractivity contribution in [2.75, 3.05) is 0 Å². The van der Waals surface area contributed by atoms with Gasteiger partial charge in [-0.3, -0.25) is 0 Å². The topological polar surface area (TPSA) is 0 Å². The molecule has 0 heterocycles. The molecule has 0 spiro atoms. The third-order valence-corrected chi connectivity index (χ3v) is 4.63. The van der Waals surface area contributed by atoms with Gasteiger partial charge in [0.2, 0.25) is 0 Å². The molecule has 128 valence electrons. The lowest BCUT2D eigenvalue weighted by atomic mass is 10.2. The number of thioether (sulfide) groups is 2. The molecule has 8 heteroatoms. The van der Waals surface area contributed by atoms with Gasteiger partial charge >= 0.3 is 12.4 Å². The van der Waals surface area contributed by atoms with E-state index in [4.69, 9.17) is 0 Å². The summed E-state index contributed by atoms with van der Waals surface area (Å²) in [6.45, 7) is 0. The summed E-state index contributed by atoms with van der Waals surface area (Å²) in [5.41, 5.74) is -1.43. The molecule has 24 heavy (non-hydrogen) atoms. The molecule has 0 radical (unpaired) electrons. The maximum Gasteiger partial charge on any atom is 0.416 e. The van der Waals surface area contributed by atoms with E-state index in [0.717, 1.165) is 24.3 Å². The largest absolute Gasteiger partial charge is 0.416 e. The zero-order valence-corrected chi connectivity index (χ0v) is 13.5. The van der Waals surface area contributed by atoms with Crippen LogP contribution in [0.15, 0.2) is 69.1 Å². The minimum Gasteiger partial charge on any atom is -0.166 e. The highest BCUT2D eigenvalue weighted by Gasteiger charge is 2.30. The molecule has 0 aliphatic heterocycles. The second kappa shape index (κ2) is 7.57. The molecule has 0 bridgehead atoms. The molecule has 0 fully saturated rings. The van der Waals surface area contributed by atoms with Gasteiger partial charge in [-0.1, -0.05) is 23.5 Å². The van der Waals surface area contributed by atoms with Gasteiger partial charge in [-0.25, -0.2) is 0 Å². The Bertz CT molecular complexity index is 623. The summed E-state index contributed by atoms with van der Waals surface area (Å²) in [5.74, 6) is 0. The van der Waals surface area contributed by atoms with Crippen LogP contribution in [-0.4, -0.2) is 0 Å². The van der Waals surface area contributed by atoms with E-state index in [0.29, 0.717) is 9.79 Å². The van der Waals surface area contributed by atoms with Crippen LogP contribution >= 0.6 is 23.5 Å². The second-order valence-corrected chi connectivity index (χ2v) is 6.51. The van der Waals surface area contributed by atoms with Gasteiger partial charge in [0.05, 0.1) is 11.1 Å². The lowest BCUT2D eigenvalue weighted by Crippen LogP contribution is -2.03. The van der Waals surface area contributed by atoms with Crippen LogP contribution in [0, 0.1) is 0 Å². The predicted molar refractivity (Wildman–Crippen MR) is 83.7 cm³/mol. The smallest absolute Gasteiger partial charge is 0.166 e. The molecule has 2 rings (SSSR count). The fourth-order valence-electron chi connectivity index (χ4n) is 1.66. The molecule has 0 amide bonds. The van der Waals surface area contributed by atoms with E-state index in [-0.39, 0.29) is 0 Å². The summed E-state index contributed by atoms with van der Waals surface area (Å²) in [6, 6.07) is 9.44. The van der Waals surface area contributed by atoms with Crippen LogP contribution < -0.4 is 0 Å². The second-order valence-electron chi connectivity index (χ2n) is 4.55. The fourth-order valence-corrected chi connectivity index (χ4v) is 3.00. The first-order valence-electron chi connectivity index (χ1n) is 6.49. The molecule has 0 N–H and O–H groups in total. The maximum absolute atomic E-state index is 12.4. The minimum absolute atomic E-state index is 0.632. The van der Waals surface area contributed by atoms with E-state index < -0.39 is 23.5 Å². The molecule has 0 atom stereocenters. The number of rotatable bonds is 4. The van der Waals surface area contributed by atoms with Crippen LogP contribution in [0.4, 0.5) is 26.3 Å². The van der Waals surface area contributed by atoms with Gasteiger partial charge in [0.1, 0.15) is 0 Å². The van der Waals surface area contributed by atoms with Crippen LogP contribution in [0.3, 0.4) is 0 Å². The van der Waals surface area contributed by atoms with Gasteiger partial charge in [-0.2, -0.15) is 26.3 Å². The van der Waals surface area contributed by atoms with Gasteiger partial charge in [-0.05, 0) is 59.3 Å². The molecule has 0 saturated heterocycles. The van der Waals surface area contributed by atoms with Crippen molar-refractivity contribution in [3.8, 4) is 0 Å². The summed E-state index contributed by atoms with van der Waals surface area (Å²) in [7, 11) is 0. The number of halogens is 6. The van der Waals surface area contributed by atoms with Crippen molar-refractivity contribution < 1.29 is 26.3 Å². The maximum atomic E-state index is 12.4. The normalized spacial score (nSPS) is 12.8. The molecule has 2 aromatic carbocycles. The molecule has 0 unspecified atom stereocenters. The Morgan fingerprint density at radius 1 is 0.542 bits per heavy atom. The first-order valence-corrected chi connectivity index (χ1v) is 8.25. The van der Waals surface area contributed by atoms with Gasteiger partial charge < -0.3 is 0 Å². The van der Waals surface area contributed by atoms with E-state index in [1.807, 2.05) is 0 Å². The monoisotopic (exact) mass is 380 g/mol. The SMILES string of the molecule is FC(F)(F)c1ccc(S/C=C\Sc2ccc(C(F)(F)F)cc2)cc1. The van der Waals surface area contributed by atoms with Crippen molar-refractivity contribution in [3.05, 3.63) is 70.5 Å². The first kappa shape index (κ1) is 18.8. The van der Waals surface area contributed by atoms with E-state index >= 15 is 0 Å². The Morgan fingerprint density at radius 2 is 0.833 bits per heavy atom. The third kappa shape index (κ3) is 5.52. The zero-order valence-electron chi connectivity index (χ0n) is 11.9. The highest BCUT2D eigenvalue weighted by molar-refractivity contribution is 8.05. The summed E-state index contributed by atoms with van der Waals surface area (Å²) < 4.78 is 74.5. The summed E-state index contributed by atoms with van der Waals surface area (Å²) in [6.07, 6.45) is -8.73. The van der Waals surface area contributed by atoms with Crippen molar-refractivity contribution in [2.45, 2.75) is 22.1 Å². The number of hydrogen-bond donors (Lipinski definition) is 0. The lowest BCUT2D eigenvalue weighted by Gasteiger charge is -2.06. The fraction of sp³-hybridized carbons (Fsp3) is 0.125. The van der Waals surface area contributed by atoms with Crippen molar-refractivity contribution in [2.24, 2.45) is 0 Å². The number of benzene rings is 2. The van der Waals surface area contributed by atoms with E-state index in [2.05, 4.69) is 0 Å². The Hall–Kier alpha value is -1.54. The van der Waals surface area contributed by atoms with E-state index in [1.165, 1.54) is 47.8 Å². The molecule has 0 aliphatic rings. The average Bonchev–Trinajstić information content (AvgIpc) is 2.51.